The van der Waals surface area contributed by atoms with Crippen molar-refractivity contribution in [2.45, 2.75) is 39.4 Å². The second kappa shape index (κ2) is 8.56. The van der Waals surface area contributed by atoms with E-state index in [-0.39, 0.29) is 6.09 Å². The summed E-state index contributed by atoms with van der Waals surface area (Å²) in [5, 5.41) is 0. The number of carbonyl (C=O) groups excluding carboxylic acids is 1. The van der Waals surface area contributed by atoms with Crippen LogP contribution in [-0.4, -0.2) is 30.2 Å². The fourth-order valence-corrected chi connectivity index (χ4v) is 2.31. The van der Waals surface area contributed by atoms with Crippen molar-refractivity contribution in [2.24, 2.45) is 0 Å². The van der Waals surface area contributed by atoms with Crippen molar-refractivity contribution in [3.63, 3.8) is 0 Å². The molecule has 0 atom stereocenters. The molecule has 0 bridgehead atoms. The van der Waals surface area contributed by atoms with Crippen molar-refractivity contribution in [3.8, 4) is 5.75 Å². The second-order valence-electron chi connectivity index (χ2n) is 7.03. The minimum atomic E-state index is -0.484. The Hall–Kier alpha value is -2.49. The molecule has 0 spiro atoms. The van der Waals surface area contributed by atoms with E-state index in [1.54, 1.807) is 11.9 Å². The molecule has 4 heteroatoms. The first-order chi connectivity index (χ1) is 11.8. The lowest BCUT2D eigenvalue weighted by molar-refractivity contribution is 0.0300. The summed E-state index contributed by atoms with van der Waals surface area (Å²) >= 11 is 0. The minimum Gasteiger partial charge on any atom is -0.489 e. The second-order valence-corrected chi connectivity index (χ2v) is 7.03. The summed E-state index contributed by atoms with van der Waals surface area (Å²) in [6, 6.07) is 18.0. The molecule has 0 saturated heterocycles. The van der Waals surface area contributed by atoms with Crippen LogP contribution in [0.15, 0.2) is 54.6 Å². The third-order valence-corrected chi connectivity index (χ3v) is 3.63. The van der Waals surface area contributed by atoms with Gasteiger partial charge in [0.1, 0.15) is 18.0 Å². The Morgan fingerprint density at radius 3 is 2.32 bits per heavy atom. The molecular weight excluding hydrogens is 314 g/mol. The largest absolute Gasteiger partial charge is 0.489 e. The predicted octanol–water partition coefficient (Wildman–Crippen LogP) is 4.68. The molecule has 0 saturated carbocycles. The number of hydrogen-bond donors (Lipinski definition) is 0. The number of rotatable bonds is 6. The van der Waals surface area contributed by atoms with Crippen LogP contribution in [0.5, 0.6) is 5.75 Å². The maximum atomic E-state index is 12.0. The van der Waals surface area contributed by atoms with E-state index in [0.29, 0.717) is 19.6 Å². The molecule has 0 aliphatic heterocycles. The average Bonchev–Trinajstić information content (AvgIpc) is 2.58. The molecular formula is C21H27NO3. The molecule has 0 radical (unpaired) electrons. The van der Waals surface area contributed by atoms with Crippen molar-refractivity contribution in [2.75, 3.05) is 13.6 Å². The molecule has 4 nitrogen and oxygen atoms in total. The zero-order valence-electron chi connectivity index (χ0n) is 15.5. The normalized spacial score (nSPS) is 11.0. The van der Waals surface area contributed by atoms with Gasteiger partial charge in [0.2, 0.25) is 0 Å². The summed E-state index contributed by atoms with van der Waals surface area (Å²) in [6.45, 7) is 6.70. The zero-order valence-corrected chi connectivity index (χ0v) is 15.5. The van der Waals surface area contributed by atoms with Crippen molar-refractivity contribution >= 4 is 6.09 Å². The smallest absolute Gasteiger partial charge is 0.410 e. The maximum absolute atomic E-state index is 12.0. The number of carbonyl (C=O) groups is 1. The molecule has 134 valence electrons. The van der Waals surface area contributed by atoms with Gasteiger partial charge in [-0.15, -0.1) is 0 Å². The average molecular weight is 341 g/mol. The van der Waals surface area contributed by atoms with E-state index in [0.717, 1.165) is 16.9 Å². The highest BCUT2D eigenvalue weighted by Gasteiger charge is 2.19. The lowest BCUT2D eigenvalue weighted by Gasteiger charge is -2.24. The Labute approximate surface area is 150 Å². The first-order valence-electron chi connectivity index (χ1n) is 8.54. The molecule has 2 aromatic rings. The number of para-hydroxylation sites is 1. The molecule has 0 aliphatic carbocycles. The van der Waals surface area contributed by atoms with E-state index in [1.807, 2.05) is 75.4 Å². The van der Waals surface area contributed by atoms with Crippen LogP contribution in [0.3, 0.4) is 0 Å². The van der Waals surface area contributed by atoms with E-state index < -0.39 is 5.60 Å². The molecule has 0 fully saturated rings. The number of ether oxygens (including phenoxy) is 2. The summed E-state index contributed by atoms with van der Waals surface area (Å²) < 4.78 is 11.3. The van der Waals surface area contributed by atoms with Crippen molar-refractivity contribution in [3.05, 3.63) is 65.7 Å². The first kappa shape index (κ1) is 18.8. The zero-order chi connectivity index (χ0) is 18.3. The monoisotopic (exact) mass is 341 g/mol. The Morgan fingerprint density at radius 2 is 1.64 bits per heavy atom. The highest BCUT2D eigenvalue weighted by molar-refractivity contribution is 5.67. The molecule has 0 N–H and O–H groups in total. The number of likely N-dealkylation sites (N-methyl/N-ethyl adjacent to an activating group) is 1. The molecule has 0 unspecified atom stereocenters. The third kappa shape index (κ3) is 6.49. The van der Waals surface area contributed by atoms with Crippen LogP contribution in [-0.2, 0) is 17.8 Å². The molecule has 0 heterocycles. The number of benzene rings is 2. The van der Waals surface area contributed by atoms with Gasteiger partial charge in [0, 0.05) is 13.6 Å². The fraction of sp³-hybridized carbons (Fsp3) is 0.381. The van der Waals surface area contributed by atoms with Gasteiger partial charge in [-0.1, -0.05) is 48.5 Å². The predicted molar refractivity (Wildman–Crippen MR) is 99.8 cm³/mol. The molecule has 25 heavy (non-hydrogen) atoms. The number of hydrogen-bond acceptors (Lipinski definition) is 3. The number of amides is 1. The molecule has 1 amide bonds. The van der Waals surface area contributed by atoms with Crippen LogP contribution < -0.4 is 4.74 Å². The van der Waals surface area contributed by atoms with Gasteiger partial charge in [-0.05, 0) is 44.4 Å². The summed E-state index contributed by atoms with van der Waals surface area (Å²) in [5.74, 6) is 0.851. The minimum absolute atomic E-state index is 0.310. The topological polar surface area (TPSA) is 38.8 Å². The van der Waals surface area contributed by atoms with Crippen LogP contribution in [0.2, 0.25) is 0 Å². The van der Waals surface area contributed by atoms with Crippen LogP contribution in [0.4, 0.5) is 4.79 Å². The third-order valence-electron chi connectivity index (χ3n) is 3.63. The molecule has 0 aromatic heterocycles. The van der Waals surface area contributed by atoms with Crippen LogP contribution in [0.1, 0.15) is 31.9 Å². The van der Waals surface area contributed by atoms with Crippen LogP contribution in [0, 0.1) is 0 Å². The van der Waals surface area contributed by atoms with Gasteiger partial charge < -0.3 is 14.4 Å². The lowest BCUT2D eigenvalue weighted by Crippen LogP contribution is -2.35. The van der Waals surface area contributed by atoms with Gasteiger partial charge in [0.15, 0.2) is 0 Å². The Bertz CT molecular complexity index is 677. The van der Waals surface area contributed by atoms with E-state index >= 15 is 0 Å². The summed E-state index contributed by atoms with van der Waals surface area (Å²) in [4.78, 5) is 13.6. The maximum Gasteiger partial charge on any atom is 0.410 e. The summed E-state index contributed by atoms with van der Waals surface area (Å²) in [6.07, 6.45) is 0.399. The van der Waals surface area contributed by atoms with Gasteiger partial charge in [-0.25, -0.2) is 4.79 Å². The SMILES string of the molecule is CN(CCc1ccccc1OCc1ccccc1)C(=O)OC(C)(C)C. The van der Waals surface area contributed by atoms with Crippen molar-refractivity contribution in [1.82, 2.24) is 4.90 Å². The van der Waals surface area contributed by atoms with Crippen molar-refractivity contribution < 1.29 is 14.3 Å². The first-order valence-corrected chi connectivity index (χ1v) is 8.54. The van der Waals surface area contributed by atoms with E-state index in [1.165, 1.54) is 0 Å². The summed E-state index contributed by atoms with van der Waals surface area (Å²) in [5.41, 5.74) is 1.72. The highest BCUT2D eigenvalue weighted by atomic mass is 16.6. The molecule has 0 aliphatic rings. The van der Waals surface area contributed by atoms with Gasteiger partial charge in [0.05, 0.1) is 0 Å². The van der Waals surface area contributed by atoms with Gasteiger partial charge in [-0.2, -0.15) is 0 Å². The Balaban J connectivity index is 1.93. The molecule has 2 aromatic carbocycles. The van der Waals surface area contributed by atoms with Crippen molar-refractivity contribution in [1.29, 1.82) is 0 Å². The highest BCUT2D eigenvalue weighted by Crippen LogP contribution is 2.20. The standard InChI is InChI=1S/C21H27NO3/c1-21(2,3)25-20(23)22(4)15-14-18-12-8-9-13-19(18)24-16-17-10-6-5-7-11-17/h5-13H,14-16H2,1-4H3. The fourth-order valence-electron chi connectivity index (χ4n) is 2.31. The lowest BCUT2D eigenvalue weighted by atomic mass is 10.1. The Kier molecular flexibility index (Phi) is 6.45. The van der Waals surface area contributed by atoms with Gasteiger partial charge >= 0.3 is 6.09 Å². The van der Waals surface area contributed by atoms with Gasteiger partial charge in [-0.3, -0.25) is 0 Å². The van der Waals surface area contributed by atoms with E-state index in [2.05, 4.69) is 0 Å². The molecule has 2 rings (SSSR count). The Morgan fingerprint density at radius 1 is 1.00 bits per heavy atom. The van der Waals surface area contributed by atoms with Gasteiger partial charge in [0.25, 0.3) is 0 Å². The summed E-state index contributed by atoms with van der Waals surface area (Å²) in [7, 11) is 1.75. The number of nitrogens with zero attached hydrogens (tertiary/aromatic N) is 1. The van der Waals surface area contributed by atoms with E-state index in [9.17, 15) is 4.79 Å². The van der Waals surface area contributed by atoms with Crippen LogP contribution >= 0.6 is 0 Å². The quantitative estimate of drug-likeness (QED) is 0.766. The van der Waals surface area contributed by atoms with E-state index in [4.69, 9.17) is 9.47 Å². The van der Waals surface area contributed by atoms with Crippen LogP contribution in [0.25, 0.3) is 0 Å².